The van der Waals surface area contributed by atoms with Crippen LogP contribution in [-0.2, 0) is 11.2 Å². The molecule has 0 fully saturated rings. The Morgan fingerprint density at radius 1 is 1.22 bits per heavy atom. The number of amides is 3. The van der Waals surface area contributed by atoms with E-state index in [-0.39, 0.29) is 36.6 Å². The predicted molar refractivity (Wildman–Crippen MR) is 129 cm³/mol. The molecule has 7 heteroatoms. The Morgan fingerprint density at radius 3 is 2.59 bits per heavy atom. The fourth-order valence-electron chi connectivity index (χ4n) is 3.90. The maximum atomic E-state index is 13.5. The van der Waals surface area contributed by atoms with Crippen molar-refractivity contribution >= 4 is 23.3 Å². The Kier molecular flexibility index (Phi) is 8.18. The lowest BCUT2D eigenvalue weighted by atomic mass is 10.00. The summed E-state index contributed by atoms with van der Waals surface area (Å²) in [6.45, 7) is 11.0. The van der Waals surface area contributed by atoms with Gasteiger partial charge in [-0.05, 0) is 69.7 Å². The van der Waals surface area contributed by atoms with Crippen LogP contribution in [0.3, 0.4) is 0 Å². The number of urea groups is 1. The van der Waals surface area contributed by atoms with Crippen molar-refractivity contribution in [1.82, 2.24) is 15.1 Å². The van der Waals surface area contributed by atoms with Crippen LogP contribution in [0.2, 0.25) is 0 Å². The van der Waals surface area contributed by atoms with Crippen LogP contribution in [0.15, 0.2) is 35.7 Å². The average molecular weight is 458 g/mol. The number of nitrogens with one attached hydrogen (secondary N) is 1. The van der Waals surface area contributed by atoms with Crippen molar-refractivity contribution in [2.75, 3.05) is 19.7 Å². The van der Waals surface area contributed by atoms with E-state index in [2.05, 4.69) is 16.8 Å². The topological polar surface area (TPSA) is 61.9 Å². The maximum absolute atomic E-state index is 13.5. The van der Waals surface area contributed by atoms with Crippen LogP contribution >= 0.6 is 11.3 Å². The molecule has 2 heterocycles. The number of nitrogens with zero attached hydrogens (tertiary/aromatic N) is 2. The number of fused-ring (bicyclic) bond motifs is 1. The van der Waals surface area contributed by atoms with Crippen LogP contribution in [0, 0.1) is 6.92 Å². The summed E-state index contributed by atoms with van der Waals surface area (Å²) in [5, 5.41) is 5.02. The highest BCUT2D eigenvalue weighted by molar-refractivity contribution is 7.10. The summed E-state index contributed by atoms with van der Waals surface area (Å²) in [6, 6.07) is 9.69. The van der Waals surface area contributed by atoms with Gasteiger partial charge in [-0.15, -0.1) is 11.3 Å². The summed E-state index contributed by atoms with van der Waals surface area (Å²) >= 11 is 1.73. The predicted octanol–water partition coefficient (Wildman–Crippen LogP) is 4.78. The monoisotopic (exact) mass is 457 g/mol. The third-order valence-electron chi connectivity index (χ3n) is 5.95. The summed E-state index contributed by atoms with van der Waals surface area (Å²) in [4.78, 5) is 31.1. The van der Waals surface area contributed by atoms with E-state index in [4.69, 9.17) is 4.74 Å². The normalized spacial score (nSPS) is 16.4. The molecular weight excluding hydrogens is 422 g/mol. The Balaban J connectivity index is 1.77. The van der Waals surface area contributed by atoms with Crippen LogP contribution in [0.25, 0.3) is 0 Å². The van der Waals surface area contributed by atoms with Gasteiger partial charge in [0.15, 0.2) is 0 Å². The molecule has 1 aliphatic rings. The van der Waals surface area contributed by atoms with Crippen molar-refractivity contribution in [3.63, 3.8) is 0 Å². The van der Waals surface area contributed by atoms with E-state index in [1.165, 1.54) is 10.4 Å². The Labute approximate surface area is 195 Å². The Morgan fingerprint density at radius 2 is 1.94 bits per heavy atom. The minimum absolute atomic E-state index is 0.0168. The lowest BCUT2D eigenvalue weighted by molar-refractivity contribution is -0.136. The van der Waals surface area contributed by atoms with Gasteiger partial charge in [0.2, 0.25) is 5.91 Å². The van der Waals surface area contributed by atoms with Crippen molar-refractivity contribution in [3.8, 4) is 5.75 Å². The van der Waals surface area contributed by atoms with Crippen molar-refractivity contribution in [1.29, 1.82) is 0 Å². The molecule has 3 amide bonds. The standard InChI is InChI=1S/C25H35N3O3S/c1-6-19(5)28(25(30)26-17(2)3)15-24(29)27-13-11-23-21(12-14-32-23)22(27)16-31-20-9-7-18(4)8-10-20/h7-10,12,14,17,19,22H,6,11,13,15-16H2,1-5H3,(H,26,30)/t19-,22+/m1/s1. The van der Waals surface area contributed by atoms with Gasteiger partial charge in [0, 0.05) is 23.5 Å². The number of ether oxygens (including phenoxy) is 1. The van der Waals surface area contributed by atoms with Crippen LogP contribution in [0.5, 0.6) is 5.75 Å². The summed E-state index contributed by atoms with van der Waals surface area (Å²) in [7, 11) is 0. The van der Waals surface area contributed by atoms with E-state index in [0.29, 0.717) is 13.2 Å². The SMILES string of the molecule is CC[C@@H](C)N(CC(=O)N1CCc2sccc2[C@@H]1COc1ccc(C)cc1)C(=O)NC(C)C. The fraction of sp³-hybridized carbons (Fsp3) is 0.520. The molecule has 0 bridgehead atoms. The molecule has 1 N–H and O–H groups in total. The quantitative estimate of drug-likeness (QED) is 0.621. The molecule has 6 nitrogen and oxygen atoms in total. The van der Waals surface area contributed by atoms with Gasteiger partial charge in [0.25, 0.3) is 0 Å². The number of carbonyl (C=O) groups is 2. The van der Waals surface area contributed by atoms with Crippen LogP contribution < -0.4 is 10.1 Å². The van der Waals surface area contributed by atoms with E-state index in [1.807, 2.05) is 63.8 Å². The maximum Gasteiger partial charge on any atom is 0.318 e. The van der Waals surface area contributed by atoms with Crippen molar-refractivity contribution < 1.29 is 14.3 Å². The molecule has 0 radical (unpaired) electrons. The van der Waals surface area contributed by atoms with Crippen LogP contribution in [-0.4, -0.2) is 53.5 Å². The minimum atomic E-state index is -0.191. The molecule has 174 valence electrons. The van der Waals surface area contributed by atoms with Crippen molar-refractivity contribution in [2.24, 2.45) is 0 Å². The molecule has 0 spiro atoms. The molecule has 0 saturated heterocycles. The second-order valence-corrected chi connectivity index (χ2v) is 9.77. The van der Waals surface area contributed by atoms with Gasteiger partial charge < -0.3 is 19.9 Å². The zero-order chi connectivity index (χ0) is 23.3. The molecule has 1 aromatic carbocycles. The first-order chi connectivity index (χ1) is 15.3. The van der Waals surface area contributed by atoms with Gasteiger partial charge in [0.05, 0.1) is 6.04 Å². The summed E-state index contributed by atoms with van der Waals surface area (Å²) in [6.07, 6.45) is 1.62. The smallest absolute Gasteiger partial charge is 0.318 e. The largest absolute Gasteiger partial charge is 0.491 e. The molecule has 32 heavy (non-hydrogen) atoms. The third-order valence-corrected chi connectivity index (χ3v) is 6.94. The van der Waals surface area contributed by atoms with Gasteiger partial charge in [-0.1, -0.05) is 24.6 Å². The third kappa shape index (κ3) is 5.82. The van der Waals surface area contributed by atoms with Crippen molar-refractivity contribution in [2.45, 2.75) is 65.6 Å². The second kappa shape index (κ2) is 10.9. The van der Waals surface area contributed by atoms with Gasteiger partial charge in [0.1, 0.15) is 18.9 Å². The molecule has 2 atom stereocenters. The highest BCUT2D eigenvalue weighted by Crippen LogP contribution is 2.34. The zero-order valence-corrected chi connectivity index (χ0v) is 20.6. The van der Waals surface area contributed by atoms with E-state index in [1.54, 1.807) is 16.2 Å². The second-order valence-electron chi connectivity index (χ2n) is 8.77. The number of benzene rings is 1. The number of hydrogen-bond donors (Lipinski definition) is 1. The number of hydrogen-bond acceptors (Lipinski definition) is 4. The summed E-state index contributed by atoms with van der Waals surface area (Å²) in [5.74, 6) is 0.751. The molecule has 2 aromatic rings. The highest BCUT2D eigenvalue weighted by atomic mass is 32.1. The lowest BCUT2D eigenvalue weighted by Gasteiger charge is -2.38. The first-order valence-corrected chi connectivity index (χ1v) is 12.3. The van der Waals surface area contributed by atoms with Gasteiger partial charge in [-0.3, -0.25) is 4.79 Å². The highest BCUT2D eigenvalue weighted by Gasteiger charge is 2.34. The average Bonchev–Trinajstić information content (AvgIpc) is 3.24. The number of rotatable bonds is 8. The van der Waals surface area contributed by atoms with Gasteiger partial charge in [-0.25, -0.2) is 4.79 Å². The number of aryl methyl sites for hydroxylation is 1. The minimum Gasteiger partial charge on any atom is -0.491 e. The molecule has 0 aliphatic carbocycles. The zero-order valence-electron chi connectivity index (χ0n) is 19.8. The van der Waals surface area contributed by atoms with Crippen molar-refractivity contribution in [3.05, 3.63) is 51.7 Å². The summed E-state index contributed by atoms with van der Waals surface area (Å²) < 4.78 is 6.10. The van der Waals surface area contributed by atoms with E-state index in [0.717, 1.165) is 24.2 Å². The Hall–Kier alpha value is -2.54. The summed E-state index contributed by atoms with van der Waals surface area (Å²) in [5.41, 5.74) is 2.33. The molecule has 1 aliphatic heterocycles. The Bertz CT molecular complexity index is 909. The van der Waals surface area contributed by atoms with E-state index in [9.17, 15) is 9.59 Å². The van der Waals surface area contributed by atoms with Gasteiger partial charge in [-0.2, -0.15) is 0 Å². The lowest BCUT2D eigenvalue weighted by Crippen LogP contribution is -2.53. The number of carbonyl (C=O) groups excluding carboxylic acids is 2. The molecule has 0 unspecified atom stereocenters. The molecular formula is C25H35N3O3S. The van der Waals surface area contributed by atoms with Crippen LogP contribution in [0.1, 0.15) is 56.2 Å². The van der Waals surface area contributed by atoms with Crippen LogP contribution in [0.4, 0.5) is 4.79 Å². The molecule has 1 aromatic heterocycles. The first-order valence-electron chi connectivity index (χ1n) is 11.4. The fourth-order valence-corrected chi connectivity index (χ4v) is 4.83. The first kappa shape index (κ1) is 24.1. The molecule has 0 saturated carbocycles. The van der Waals surface area contributed by atoms with E-state index < -0.39 is 0 Å². The number of thiophene rings is 1. The molecule has 3 rings (SSSR count). The van der Waals surface area contributed by atoms with E-state index >= 15 is 0 Å². The van der Waals surface area contributed by atoms with Gasteiger partial charge >= 0.3 is 6.03 Å².